The summed E-state index contributed by atoms with van der Waals surface area (Å²) in [6.45, 7) is 5.29. The molecule has 3 aliphatic rings. The molecule has 2 fully saturated rings. The van der Waals surface area contributed by atoms with Gasteiger partial charge in [-0.25, -0.2) is 0 Å². The van der Waals surface area contributed by atoms with E-state index in [0.29, 0.717) is 50.3 Å². The zero-order chi connectivity index (χ0) is 33.8. The number of carbonyl (C=O) groups is 4. The number of piperidine rings is 1. The number of nitrogens with zero attached hydrogens (tertiary/aromatic N) is 3. The Kier molecular flexibility index (Phi) is 10.0. The van der Waals surface area contributed by atoms with Gasteiger partial charge in [0.15, 0.2) is 0 Å². The van der Waals surface area contributed by atoms with E-state index in [2.05, 4.69) is 26.9 Å². The summed E-state index contributed by atoms with van der Waals surface area (Å²) in [7, 11) is 0. The first-order valence-electron chi connectivity index (χ1n) is 16.7. The van der Waals surface area contributed by atoms with Gasteiger partial charge >= 0.3 is 0 Å². The van der Waals surface area contributed by atoms with Gasteiger partial charge in [0, 0.05) is 42.8 Å². The smallest absolute Gasteiger partial charge is 0.250 e. The van der Waals surface area contributed by atoms with E-state index in [1.807, 2.05) is 74.5 Å². The number of amides is 4. The maximum atomic E-state index is 14.2. The van der Waals surface area contributed by atoms with Crippen LogP contribution in [0.15, 0.2) is 78.9 Å². The standard InChI is InChI=1S/C37H43ClN6O4/c1-25(2)40-33(45)23-43-24-44(30-10-4-3-5-11-30)37(36(43)48)16-18-42(19-17-37)35(47)32(20-26-12-14-29(38)15-13-26)41-34(46)31-21-27-8-6-7-9-28(27)22-39-31/h3-15,25,31-32,39H,16-24H2,1-2H3,(H,40,45)(H,41,46). The largest absolute Gasteiger partial charge is 0.352 e. The van der Waals surface area contributed by atoms with Crippen molar-refractivity contribution < 1.29 is 19.2 Å². The molecule has 2 unspecified atom stereocenters. The highest BCUT2D eigenvalue weighted by atomic mass is 35.5. The first-order chi connectivity index (χ1) is 23.1. The van der Waals surface area contributed by atoms with Gasteiger partial charge in [-0.15, -0.1) is 0 Å². The number of rotatable bonds is 9. The van der Waals surface area contributed by atoms with Gasteiger partial charge in [0.1, 0.15) is 18.1 Å². The molecular formula is C37H43ClN6O4. The summed E-state index contributed by atoms with van der Waals surface area (Å²) in [5.41, 5.74) is 3.18. The van der Waals surface area contributed by atoms with Crippen molar-refractivity contribution in [1.82, 2.24) is 25.8 Å². The van der Waals surface area contributed by atoms with Crippen molar-refractivity contribution in [2.24, 2.45) is 0 Å². The second-order valence-electron chi connectivity index (χ2n) is 13.3. The third-order valence-electron chi connectivity index (χ3n) is 9.63. The maximum absolute atomic E-state index is 14.2. The molecule has 2 atom stereocenters. The molecule has 0 saturated carbocycles. The van der Waals surface area contributed by atoms with Gasteiger partial charge in [0.25, 0.3) is 5.91 Å². The summed E-state index contributed by atoms with van der Waals surface area (Å²) < 4.78 is 0. The Bertz CT molecular complexity index is 1640. The Morgan fingerprint density at radius 1 is 0.917 bits per heavy atom. The SMILES string of the molecule is CC(C)NC(=O)CN1CN(c2ccccc2)C2(CCN(C(=O)C(Cc3ccc(Cl)cc3)NC(=O)C3Cc4ccccc4CN3)CC2)C1=O. The van der Waals surface area contributed by atoms with E-state index in [9.17, 15) is 19.2 Å². The zero-order valence-corrected chi connectivity index (χ0v) is 28.2. The molecule has 3 aliphatic heterocycles. The van der Waals surface area contributed by atoms with Crippen LogP contribution in [0.5, 0.6) is 0 Å². The number of halogens is 1. The van der Waals surface area contributed by atoms with Gasteiger partial charge < -0.3 is 30.7 Å². The summed E-state index contributed by atoms with van der Waals surface area (Å²) >= 11 is 6.14. The van der Waals surface area contributed by atoms with E-state index in [1.54, 1.807) is 21.9 Å². The average molecular weight is 671 g/mol. The van der Waals surface area contributed by atoms with Crippen LogP contribution in [0.1, 0.15) is 43.4 Å². The Labute approximate surface area is 286 Å². The van der Waals surface area contributed by atoms with Crippen molar-refractivity contribution in [1.29, 1.82) is 0 Å². The Morgan fingerprint density at radius 2 is 1.58 bits per heavy atom. The topological polar surface area (TPSA) is 114 Å². The number of para-hydroxylation sites is 1. The number of nitrogens with one attached hydrogen (secondary N) is 3. The van der Waals surface area contributed by atoms with Gasteiger partial charge in [-0.1, -0.05) is 66.2 Å². The van der Waals surface area contributed by atoms with Gasteiger partial charge in [-0.05, 0) is 74.1 Å². The Hall–Kier alpha value is -4.41. The van der Waals surface area contributed by atoms with E-state index < -0.39 is 17.6 Å². The van der Waals surface area contributed by atoms with Crippen molar-refractivity contribution in [2.45, 2.75) is 69.7 Å². The number of anilines is 1. The van der Waals surface area contributed by atoms with Crippen molar-refractivity contribution in [2.75, 3.05) is 31.2 Å². The fourth-order valence-electron chi connectivity index (χ4n) is 7.15. The highest BCUT2D eigenvalue weighted by Crippen LogP contribution is 2.39. The van der Waals surface area contributed by atoms with Crippen molar-refractivity contribution in [3.8, 4) is 0 Å². The molecule has 2 saturated heterocycles. The van der Waals surface area contributed by atoms with Crippen molar-refractivity contribution in [3.05, 3.63) is 101 Å². The van der Waals surface area contributed by atoms with E-state index in [4.69, 9.17) is 11.6 Å². The summed E-state index contributed by atoms with van der Waals surface area (Å²) in [6, 6.07) is 23.8. The minimum Gasteiger partial charge on any atom is -0.352 e. The minimum absolute atomic E-state index is 0.0282. The van der Waals surface area contributed by atoms with Crippen LogP contribution in [0, 0.1) is 0 Å². The van der Waals surface area contributed by atoms with Gasteiger partial charge in [0.05, 0.1) is 12.7 Å². The normalized spacial score (nSPS) is 19.3. The molecule has 0 aromatic heterocycles. The number of likely N-dealkylation sites (tertiary alicyclic amines) is 1. The molecule has 3 aromatic rings. The Morgan fingerprint density at radius 3 is 2.27 bits per heavy atom. The molecule has 0 bridgehead atoms. The highest BCUT2D eigenvalue weighted by molar-refractivity contribution is 6.30. The summed E-state index contributed by atoms with van der Waals surface area (Å²) in [5.74, 6) is -0.712. The molecule has 3 N–H and O–H groups in total. The lowest BCUT2D eigenvalue weighted by molar-refractivity contribution is -0.141. The number of fused-ring (bicyclic) bond motifs is 1. The van der Waals surface area contributed by atoms with Crippen LogP contribution in [0.2, 0.25) is 5.02 Å². The molecule has 6 rings (SSSR count). The monoisotopic (exact) mass is 670 g/mol. The molecule has 3 heterocycles. The van der Waals surface area contributed by atoms with E-state index >= 15 is 0 Å². The van der Waals surface area contributed by atoms with Crippen LogP contribution in [-0.4, -0.2) is 83.4 Å². The second-order valence-corrected chi connectivity index (χ2v) is 13.7. The summed E-state index contributed by atoms with van der Waals surface area (Å²) in [5, 5.41) is 9.88. The van der Waals surface area contributed by atoms with E-state index in [-0.39, 0.29) is 42.9 Å². The molecule has 11 heteroatoms. The molecule has 0 radical (unpaired) electrons. The number of benzene rings is 3. The third-order valence-corrected chi connectivity index (χ3v) is 9.89. The van der Waals surface area contributed by atoms with Gasteiger partial charge in [0.2, 0.25) is 17.7 Å². The lowest BCUT2D eigenvalue weighted by Gasteiger charge is -2.44. The fourth-order valence-corrected chi connectivity index (χ4v) is 7.28. The molecule has 48 heavy (non-hydrogen) atoms. The van der Waals surface area contributed by atoms with E-state index in [1.165, 1.54) is 5.56 Å². The van der Waals surface area contributed by atoms with Crippen LogP contribution in [0.3, 0.4) is 0 Å². The van der Waals surface area contributed by atoms with Crippen molar-refractivity contribution in [3.63, 3.8) is 0 Å². The molecular weight excluding hydrogens is 628 g/mol. The lowest BCUT2D eigenvalue weighted by Crippen LogP contribution is -2.60. The molecule has 0 aliphatic carbocycles. The first kappa shape index (κ1) is 33.5. The van der Waals surface area contributed by atoms with Gasteiger partial charge in [-0.2, -0.15) is 0 Å². The third kappa shape index (κ3) is 7.19. The summed E-state index contributed by atoms with van der Waals surface area (Å²) in [6.07, 6.45) is 1.65. The molecule has 4 amide bonds. The molecule has 3 aromatic carbocycles. The highest BCUT2D eigenvalue weighted by Gasteiger charge is 2.54. The van der Waals surface area contributed by atoms with Crippen LogP contribution in [0.25, 0.3) is 0 Å². The number of hydrogen-bond acceptors (Lipinski definition) is 6. The average Bonchev–Trinajstić information content (AvgIpc) is 3.34. The lowest BCUT2D eigenvalue weighted by atomic mass is 9.85. The predicted molar refractivity (Wildman–Crippen MR) is 185 cm³/mol. The number of hydrogen-bond donors (Lipinski definition) is 3. The van der Waals surface area contributed by atoms with E-state index in [0.717, 1.165) is 16.8 Å². The second kappa shape index (κ2) is 14.4. The predicted octanol–water partition coefficient (Wildman–Crippen LogP) is 3.27. The molecule has 252 valence electrons. The fraction of sp³-hybridized carbons (Fsp3) is 0.405. The molecule has 1 spiro atoms. The van der Waals surface area contributed by atoms with Crippen LogP contribution in [-0.2, 0) is 38.6 Å². The maximum Gasteiger partial charge on any atom is 0.250 e. The van der Waals surface area contributed by atoms with Gasteiger partial charge in [-0.3, -0.25) is 19.2 Å². The molecule has 10 nitrogen and oxygen atoms in total. The van der Waals surface area contributed by atoms with Crippen LogP contribution in [0.4, 0.5) is 5.69 Å². The summed E-state index contributed by atoms with van der Waals surface area (Å²) in [4.78, 5) is 60.1. The minimum atomic E-state index is -0.884. The first-order valence-corrected chi connectivity index (χ1v) is 17.1. The van der Waals surface area contributed by atoms with Crippen LogP contribution < -0.4 is 20.9 Å². The van der Waals surface area contributed by atoms with Crippen molar-refractivity contribution >= 4 is 40.9 Å². The quantitative estimate of drug-likeness (QED) is 0.322. The Balaban J connectivity index is 1.19. The van der Waals surface area contributed by atoms with Crippen LogP contribution >= 0.6 is 11.6 Å². The zero-order valence-electron chi connectivity index (χ0n) is 27.5. The number of carbonyl (C=O) groups excluding carboxylic acids is 4.